The van der Waals surface area contributed by atoms with Crippen LogP contribution in [-0.2, 0) is 13.0 Å². The standard InChI is InChI=1S/C9H9BrN4O/c10-8-3-1-2-7(6-8)4-5-14-9(15)11-12-13-14/h1-3,6H,4-5H2,(H,11,13,15). The monoisotopic (exact) mass is 268 g/mol. The molecule has 0 aliphatic rings. The maximum atomic E-state index is 11.1. The predicted molar refractivity (Wildman–Crippen MR) is 58.5 cm³/mol. The molecule has 0 saturated carbocycles. The van der Waals surface area contributed by atoms with E-state index in [4.69, 9.17) is 0 Å². The maximum absolute atomic E-state index is 11.1. The summed E-state index contributed by atoms with van der Waals surface area (Å²) in [4.78, 5) is 11.1. The van der Waals surface area contributed by atoms with Crippen LogP contribution in [0, 0.1) is 0 Å². The zero-order valence-corrected chi connectivity index (χ0v) is 9.44. The van der Waals surface area contributed by atoms with Crippen LogP contribution in [0.15, 0.2) is 33.5 Å². The predicted octanol–water partition coefficient (Wildman–Crippen LogP) is 0.972. The van der Waals surface area contributed by atoms with Crippen molar-refractivity contribution in [2.45, 2.75) is 13.0 Å². The van der Waals surface area contributed by atoms with E-state index in [9.17, 15) is 4.79 Å². The molecule has 1 heterocycles. The number of nitrogens with one attached hydrogen (secondary N) is 1. The number of rotatable bonds is 3. The van der Waals surface area contributed by atoms with Crippen LogP contribution >= 0.6 is 15.9 Å². The van der Waals surface area contributed by atoms with Crippen molar-refractivity contribution in [3.63, 3.8) is 0 Å². The van der Waals surface area contributed by atoms with E-state index in [1.54, 1.807) is 0 Å². The first kappa shape index (κ1) is 10.1. The third-order valence-corrected chi connectivity index (χ3v) is 2.53. The van der Waals surface area contributed by atoms with Gasteiger partial charge in [-0.15, -0.1) is 0 Å². The van der Waals surface area contributed by atoms with E-state index in [0.717, 1.165) is 16.5 Å². The minimum atomic E-state index is -0.273. The van der Waals surface area contributed by atoms with Crippen LogP contribution in [-0.4, -0.2) is 20.2 Å². The number of aromatic nitrogens is 4. The normalized spacial score (nSPS) is 10.5. The topological polar surface area (TPSA) is 63.6 Å². The van der Waals surface area contributed by atoms with Gasteiger partial charge in [-0.3, -0.25) is 0 Å². The molecule has 0 radical (unpaired) electrons. The molecule has 0 aliphatic heterocycles. The molecule has 0 bridgehead atoms. The number of H-pyrrole nitrogens is 1. The Balaban J connectivity index is 2.05. The second kappa shape index (κ2) is 4.39. The van der Waals surface area contributed by atoms with Gasteiger partial charge in [-0.25, -0.2) is 9.89 Å². The minimum absolute atomic E-state index is 0.273. The lowest BCUT2D eigenvalue weighted by Gasteiger charge is -2.00. The second-order valence-corrected chi connectivity index (χ2v) is 4.03. The fourth-order valence-electron chi connectivity index (χ4n) is 1.29. The fraction of sp³-hybridized carbons (Fsp3) is 0.222. The lowest BCUT2D eigenvalue weighted by atomic mass is 10.1. The first-order valence-electron chi connectivity index (χ1n) is 4.48. The van der Waals surface area contributed by atoms with Gasteiger partial charge < -0.3 is 0 Å². The Morgan fingerprint density at radius 3 is 3.00 bits per heavy atom. The molecule has 2 aromatic rings. The highest BCUT2D eigenvalue weighted by atomic mass is 79.9. The number of nitrogens with zero attached hydrogens (tertiary/aromatic N) is 3. The highest BCUT2D eigenvalue weighted by Crippen LogP contribution is 2.12. The Labute approximate surface area is 94.2 Å². The zero-order chi connectivity index (χ0) is 10.7. The minimum Gasteiger partial charge on any atom is -0.245 e. The van der Waals surface area contributed by atoms with Crippen molar-refractivity contribution in [2.24, 2.45) is 0 Å². The molecule has 2 rings (SSSR count). The average molecular weight is 269 g/mol. The van der Waals surface area contributed by atoms with E-state index in [0.29, 0.717) is 6.54 Å². The molecule has 78 valence electrons. The zero-order valence-electron chi connectivity index (χ0n) is 7.85. The van der Waals surface area contributed by atoms with Gasteiger partial charge >= 0.3 is 5.69 Å². The van der Waals surface area contributed by atoms with Crippen molar-refractivity contribution >= 4 is 15.9 Å². The molecule has 1 aromatic carbocycles. The summed E-state index contributed by atoms with van der Waals surface area (Å²) in [5, 5.41) is 9.31. The van der Waals surface area contributed by atoms with Gasteiger partial charge in [0.2, 0.25) is 0 Å². The molecule has 0 aliphatic carbocycles. The van der Waals surface area contributed by atoms with Gasteiger partial charge in [-0.2, -0.15) is 4.68 Å². The quantitative estimate of drug-likeness (QED) is 0.903. The van der Waals surface area contributed by atoms with Crippen molar-refractivity contribution in [1.82, 2.24) is 20.2 Å². The summed E-state index contributed by atoms with van der Waals surface area (Å²) < 4.78 is 2.34. The summed E-state index contributed by atoms with van der Waals surface area (Å²) in [6.07, 6.45) is 0.756. The fourth-order valence-corrected chi connectivity index (χ4v) is 1.74. The average Bonchev–Trinajstić information content (AvgIpc) is 2.61. The van der Waals surface area contributed by atoms with Gasteiger partial charge in [0.25, 0.3) is 0 Å². The van der Waals surface area contributed by atoms with Crippen LogP contribution in [0.3, 0.4) is 0 Å². The number of aromatic amines is 1. The van der Waals surface area contributed by atoms with Gasteiger partial charge in [-0.05, 0) is 34.5 Å². The summed E-state index contributed by atoms with van der Waals surface area (Å²) in [7, 11) is 0. The molecule has 1 aromatic heterocycles. The summed E-state index contributed by atoms with van der Waals surface area (Å²) in [5.74, 6) is 0. The van der Waals surface area contributed by atoms with Crippen molar-refractivity contribution in [1.29, 1.82) is 0 Å². The van der Waals surface area contributed by atoms with Crippen LogP contribution in [0.2, 0.25) is 0 Å². The van der Waals surface area contributed by atoms with E-state index >= 15 is 0 Å². The van der Waals surface area contributed by atoms with Gasteiger partial charge in [0.1, 0.15) is 0 Å². The van der Waals surface area contributed by atoms with Crippen LogP contribution in [0.4, 0.5) is 0 Å². The van der Waals surface area contributed by atoms with Crippen molar-refractivity contribution in [2.75, 3.05) is 0 Å². The highest BCUT2D eigenvalue weighted by molar-refractivity contribution is 9.10. The number of halogens is 1. The Morgan fingerprint density at radius 2 is 2.33 bits per heavy atom. The van der Waals surface area contributed by atoms with E-state index < -0.39 is 0 Å². The largest absolute Gasteiger partial charge is 0.361 e. The first-order valence-corrected chi connectivity index (χ1v) is 5.27. The molecule has 1 N–H and O–H groups in total. The molecule has 0 atom stereocenters. The van der Waals surface area contributed by atoms with E-state index in [2.05, 4.69) is 31.5 Å². The molecule has 0 amide bonds. The molecule has 5 nitrogen and oxygen atoms in total. The molecule has 0 spiro atoms. The SMILES string of the molecule is O=c1[nH]nnn1CCc1cccc(Br)c1. The summed E-state index contributed by atoms with van der Waals surface area (Å²) >= 11 is 3.39. The molecule has 0 fully saturated rings. The Hall–Kier alpha value is -1.43. The lowest BCUT2D eigenvalue weighted by Crippen LogP contribution is -2.19. The number of hydrogen-bond acceptors (Lipinski definition) is 3. The highest BCUT2D eigenvalue weighted by Gasteiger charge is 1.99. The van der Waals surface area contributed by atoms with Gasteiger partial charge in [0.15, 0.2) is 0 Å². The molecule has 0 unspecified atom stereocenters. The number of aryl methyl sites for hydroxylation is 2. The molecule has 6 heteroatoms. The lowest BCUT2D eigenvalue weighted by molar-refractivity contribution is 0.574. The van der Waals surface area contributed by atoms with E-state index in [1.807, 2.05) is 24.3 Å². The van der Waals surface area contributed by atoms with E-state index in [-0.39, 0.29) is 5.69 Å². The third-order valence-electron chi connectivity index (χ3n) is 2.03. The van der Waals surface area contributed by atoms with Crippen molar-refractivity contribution in [3.05, 3.63) is 44.8 Å². The second-order valence-electron chi connectivity index (χ2n) is 3.11. The number of benzene rings is 1. The number of hydrogen-bond donors (Lipinski definition) is 1. The van der Waals surface area contributed by atoms with Crippen LogP contribution in [0.25, 0.3) is 0 Å². The maximum Gasteiger partial charge on any atom is 0.361 e. The summed E-state index contributed by atoms with van der Waals surface area (Å²) in [6.45, 7) is 0.534. The molecule has 15 heavy (non-hydrogen) atoms. The smallest absolute Gasteiger partial charge is 0.245 e. The van der Waals surface area contributed by atoms with Gasteiger partial charge in [0.05, 0.1) is 6.54 Å². The van der Waals surface area contributed by atoms with Gasteiger partial charge in [0, 0.05) is 4.47 Å². The van der Waals surface area contributed by atoms with E-state index in [1.165, 1.54) is 4.68 Å². The Morgan fingerprint density at radius 1 is 1.47 bits per heavy atom. The van der Waals surface area contributed by atoms with Crippen molar-refractivity contribution < 1.29 is 0 Å². The molecular weight excluding hydrogens is 260 g/mol. The third kappa shape index (κ3) is 2.53. The molecular formula is C9H9BrN4O. The number of tetrazole rings is 1. The van der Waals surface area contributed by atoms with Crippen LogP contribution in [0.5, 0.6) is 0 Å². The summed E-state index contributed by atoms with van der Waals surface area (Å²) in [5.41, 5.74) is 0.879. The van der Waals surface area contributed by atoms with Gasteiger partial charge in [-0.1, -0.05) is 28.1 Å². The first-order chi connectivity index (χ1) is 7.25. The Bertz CT molecular complexity index is 505. The van der Waals surface area contributed by atoms with Crippen LogP contribution in [0.1, 0.15) is 5.56 Å². The Kier molecular flexibility index (Phi) is 2.96. The summed E-state index contributed by atoms with van der Waals surface area (Å²) in [6, 6.07) is 7.96. The molecule has 0 saturated heterocycles. The van der Waals surface area contributed by atoms with Crippen LogP contribution < -0.4 is 5.69 Å². The van der Waals surface area contributed by atoms with Crippen molar-refractivity contribution in [3.8, 4) is 0 Å².